The molecule has 0 amide bonds. The molecular weight excluding hydrogens is 486 g/mol. The summed E-state index contributed by atoms with van der Waals surface area (Å²) in [6.07, 6.45) is 17.0. The van der Waals surface area contributed by atoms with Gasteiger partial charge in [0.15, 0.2) is 5.82 Å². The number of nitrogens with zero attached hydrogens (tertiary/aromatic N) is 6. The maximum absolute atomic E-state index is 13.9. The molecule has 8 nitrogen and oxygen atoms in total. The second-order valence-electron chi connectivity index (χ2n) is 10.9. The summed E-state index contributed by atoms with van der Waals surface area (Å²) in [4.78, 5) is 18.7. The van der Waals surface area contributed by atoms with Crippen LogP contribution >= 0.6 is 0 Å². The van der Waals surface area contributed by atoms with Crippen LogP contribution in [0.5, 0.6) is 0 Å². The van der Waals surface area contributed by atoms with E-state index in [1.54, 1.807) is 0 Å². The van der Waals surface area contributed by atoms with E-state index in [1.807, 2.05) is 41.1 Å². The fraction of sp³-hybridized carbons (Fsp3) is 0.516. The third-order valence-corrected chi connectivity index (χ3v) is 8.24. The first-order chi connectivity index (χ1) is 19.2. The zero-order chi connectivity index (χ0) is 27.0. The van der Waals surface area contributed by atoms with Gasteiger partial charge in [0.2, 0.25) is 0 Å². The molecule has 206 valence electrons. The van der Waals surface area contributed by atoms with E-state index in [9.17, 15) is 4.79 Å². The fourth-order valence-electron chi connectivity index (χ4n) is 6.18. The Morgan fingerprint density at radius 2 is 1.79 bits per heavy atom. The average molecular weight is 528 g/mol. The van der Waals surface area contributed by atoms with Crippen LogP contribution in [0.3, 0.4) is 0 Å². The molecule has 0 saturated heterocycles. The van der Waals surface area contributed by atoms with Crippen LogP contribution in [-0.2, 0) is 13.0 Å². The summed E-state index contributed by atoms with van der Waals surface area (Å²) in [5.41, 5.74) is 5.06. The Labute approximate surface area is 230 Å². The number of aromatic nitrogens is 7. The number of H-pyrrole nitrogens is 1. The van der Waals surface area contributed by atoms with Gasteiger partial charge in [-0.1, -0.05) is 82.7 Å². The molecule has 2 atom stereocenters. The van der Waals surface area contributed by atoms with Crippen molar-refractivity contribution < 1.29 is 0 Å². The van der Waals surface area contributed by atoms with Crippen LogP contribution in [0, 0.1) is 5.92 Å². The lowest BCUT2D eigenvalue weighted by Gasteiger charge is -2.29. The zero-order valence-corrected chi connectivity index (χ0v) is 23.4. The van der Waals surface area contributed by atoms with E-state index in [1.165, 1.54) is 44.9 Å². The second kappa shape index (κ2) is 13.0. The maximum Gasteiger partial charge on any atom is 0.328 e. The molecule has 5 rings (SSSR count). The Balaban J connectivity index is 1.44. The van der Waals surface area contributed by atoms with E-state index < -0.39 is 0 Å². The van der Waals surface area contributed by atoms with Crippen molar-refractivity contribution in [3.05, 3.63) is 70.7 Å². The normalized spacial score (nSPS) is 18.1. The van der Waals surface area contributed by atoms with Gasteiger partial charge in [-0.3, -0.25) is 14.1 Å². The van der Waals surface area contributed by atoms with Gasteiger partial charge in [0, 0.05) is 35.3 Å². The number of nitrogens with one attached hydrogen (secondary N) is 1. The van der Waals surface area contributed by atoms with Crippen molar-refractivity contribution in [2.24, 2.45) is 5.92 Å². The fourth-order valence-corrected chi connectivity index (χ4v) is 6.18. The van der Waals surface area contributed by atoms with E-state index >= 15 is 0 Å². The highest BCUT2D eigenvalue weighted by atomic mass is 16.1. The Morgan fingerprint density at radius 3 is 2.51 bits per heavy atom. The molecule has 3 heterocycles. The molecule has 1 aliphatic carbocycles. The Kier molecular flexibility index (Phi) is 9.01. The van der Waals surface area contributed by atoms with Crippen molar-refractivity contribution in [3.63, 3.8) is 0 Å². The lowest BCUT2D eigenvalue weighted by atomic mass is 9.84. The van der Waals surface area contributed by atoms with Gasteiger partial charge < -0.3 is 0 Å². The topological polar surface area (TPSA) is 94.3 Å². The lowest BCUT2D eigenvalue weighted by Crippen LogP contribution is -2.32. The van der Waals surface area contributed by atoms with Crippen molar-refractivity contribution in [2.45, 2.75) is 97.1 Å². The standard InChI is InChI=1S/C31H41N7O/c1-3-5-14-26-22-38(29-17-9-7-6-8-13-23(29)12-4-2)31(39)37(26)21-25-19-18-24(20-32-25)27-15-10-11-16-28(27)30-33-35-36-34-30/h10-11,15-16,18-20,22-23,29H,3-9,12-14,17,21H2,1-2H3,(H,33,34,35,36). The first kappa shape index (κ1) is 27.0. The third-order valence-electron chi connectivity index (χ3n) is 8.24. The number of unbranched alkanes of at least 4 members (excludes halogenated alkanes) is 1. The molecule has 0 spiro atoms. The summed E-state index contributed by atoms with van der Waals surface area (Å²) < 4.78 is 4.08. The van der Waals surface area contributed by atoms with Gasteiger partial charge in [0.1, 0.15) is 0 Å². The van der Waals surface area contributed by atoms with E-state index in [4.69, 9.17) is 4.98 Å². The van der Waals surface area contributed by atoms with E-state index in [-0.39, 0.29) is 5.69 Å². The van der Waals surface area contributed by atoms with Gasteiger partial charge >= 0.3 is 5.69 Å². The van der Waals surface area contributed by atoms with Crippen LogP contribution in [0.2, 0.25) is 0 Å². The zero-order valence-electron chi connectivity index (χ0n) is 23.4. The van der Waals surface area contributed by atoms with Gasteiger partial charge in [0.05, 0.1) is 12.2 Å². The number of aryl methyl sites for hydroxylation is 1. The Morgan fingerprint density at radius 1 is 0.974 bits per heavy atom. The maximum atomic E-state index is 13.9. The number of benzene rings is 1. The van der Waals surface area contributed by atoms with Crippen molar-refractivity contribution in [3.8, 4) is 22.5 Å². The molecule has 1 aliphatic rings. The highest BCUT2D eigenvalue weighted by Crippen LogP contribution is 2.34. The van der Waals surface area contributed by atoms with E-state index in [0.717, 1.165) is 53.8 Å². The van der Waals surface area contributed by atoms with Crippen molar-refractivity contribution in [1.82, 2.24) is 34.7 Å². The molecule has 2 unspecified atom stereocenters. The predicted octanol–water partition coefficient (Wildman–Crippen LogP) is 6.59. The molecule has 39 heavy (non-hydrogen) atoms. The summed E-state index contributed by atoms with van der Waals surface area (Å²) in [6, 6.07) is 12.4. The molecular formula is C31H41N7O. The summed E-state index contributed by atoms with van der Waals surface area (Å²) in [7, 11) is 0. The quantitative estimate of drug-likeness (QED) is 0.251. The van der Waals surface area contributed by atoms with Crippen LogP contribution in [-0.4, -0.2) is 34.7 Å². The molecule has 8 heteroatoms. The molecule has 0 radical (unpaired) electrons. The van der Waals surface area contributed by atoms with Crippen molar-refractivity contribution in [2.75, 3.05) is 0 Å². The third kappa shape index (κ3) is 6.21. The summed E-state index contributed by atoms with van der Waals surface area (Å²) >= 11 is 0. The molecule has 0 aliphatic heterocycles. The Hall–Kier alpha value is -3.55. The smallest absolute Gasteiger partial charge is 0.296 e. The minimum atomic E-state index is 0.127. The average Bonchev–Trinajstić information content (AvgIpc) is 3.59. The van der Waals surface area contributed by atoms with Crippen molar-refractivity contribution in [1.29, 1.82) is 0 Å². The summed E-state index contributed by atoms with van der Waals surface area (Å²) in [6.45, 7) is 4.97. The SMILES string of the molecule is CCCCc1cn(C2CCCCCCC2CCC)c(=O)n1Cc1ccc(-c2ccccc2-c2nnn[nH]2)cn1. The van der Waals surface area contributed by atoms with Crippen LogP contribution in [0.15, 0.2) is 53.6 Å². The first-order valence-corrected chi connectivity index (χ1v) is 14.8. The number of hydrogen-bond acceptors (Lipinski definition) is 5. The summed E-state index contributed by atoms with van der Waals surface area (Å²) in [5, 5.41) is 14.4. The molecule has 1 N–H and O–H groups in total. The molecule has 3 aromatic heterocycles. The largest absolute Gasteiger partial charge is 0.328 e. The van der Waals surface area contributed by atoms with E-state index in [2.05, 4.69) is 51.3 Å². The van der Waals surface area contributed by atoms with Gasteiger partial charge in [-0.05, 0) is 60.1 Å². The van der Waals surface area contributed by atoms with Crippen molar-refractivity contribution >= 4 is 0 Å². The molecule has 1 aromatic carbocycles. The minimum Gasteiger partial charge on any atom is -0.296 e. The number of tetrazole rings is 1. The first-order valence-electron chi connectivity index (χ1n) is 14.8. The van der Waals surface area contributed by atoms with Gasteiger partial charge in [0.25, 0.3) is 0 Å². The Bertz CT molecular complexity index is 1370. The highest BCUT2D eigenvalue weighted by molar-refractivity contribution is 5.79. The van der Waals surface area contributed by atoms with Crippen LogP contribution in [0.25, 0.3) is 22.5 Å². The van der Waals surface area contributed by atoms with Gasteiger partial charge in [-0.15, -0.1) is 5.10 Å². The number of imidazole rings is 1. The minimum absolute atomic E-state index is 0.127. The molecule has 4 aromatic rings. The predicted molar refractivity (Wildman–Crippen MR) is 154 cm³/mol. The number of aromatic amines is 1. The van der Waals surface area contributed by atoms with Gasteiger partial charge in [-0.25, -0.2) is 9.89 Å². The molecule has 0 bridgehead atoms. The van der Waals surface area contributed by atoms with Crippen LogP contribution < -0.4 is 5.69 Å². The highest BCUT2D eigenvalue weighted by Gasteiger charge is 2.27. The number of hydrogen-bond donors (Lipinski definition) is 1. The van der Waals surface area contributed by atoms with E-state index in [0.29, 0.717) is 24.3 Å². The molecule has 1 fully saturated rings. The van der Waals surface area contributed by atoms with Gasteiger partial charge in [-0.2, -0.15) is 0 Å². The van der Waals surface area contributed by atoms with Crippen LogP contribution in [0.1, 0.15) is 95.5 Å². The summed E-state index contributed by atoms with van der Waals surface area (Å²) in [5.74, 6) is 1.21. The second-order valence-corrected chi connectivity index (χ2v) is 10.9. The monoisotopic (exact) mass is 527 g/mol. The number of rotatable bonds is 10. The molecule has 1 saturated carbocycles. The lowest BCUT2D eigenvalue weighted by molar-refractivity contribution is 0.241. The van der Waals surface area contributed by atoms with Crippen LogP contribution in [0.4, 0.5) is 0 Å². The number of pyridine rings is 1.